The van der Waals surface area contributed by atoms with Crippen molar-refractivity contribution in [3.8, 4) is 0 Å². The van der Waals surface area contributed by atoms with E-state index in [2.05, 4.69) is 9.59 Å². The molecular formula is C11H16N2O2S. The molecule has 1 aromatic heterocycles. The number of hydrogen-bond donors (Lipinski definition) is 1. The SMILES string of the molecule is OC(c1csnn1)C1CCOC2(CCC2)C1. The van der Waals surface area contributed by atoms with Gasteiger partial charge >= 0.3 is 0 Å². The van der Waals surface area contributed by atoms with Gasteiger partial charge < -0.3 is 9.84 Å². The van der Waals surface area contributed by atoms with Crippen molar-refractivity contribution in [3.05, 3.63) is 11.1 Å². The van der Waals surface area contributed by atoms with Crippen LogP contribution in [0.3, 0.4) is 0 Å². The van der Waals surface area contributed by atoms with Gasteiger partial charge in [-0.25, -0.2) is 0 Å². The molecule has 1 N–H and O–H groups in total. The van der Waals surface area contributed by atoms with E-state index < -0.39 is 6.10 Å². The van der Waals surface area contributed by atoms with Crippen molar-refractivity contribution < 1.29 is 9.84 Å². The Morgan fingerprint density at radius 1 is 1.56 bits per heavy atom. The predicted octanol–water partition coefficient (Wildman–Crippen LogP) is 1.92. The summed E-state index contributed by atoms with van der Waals surface area (Å²) >= 11 is 1.30. The van der Waals surface area contributed by atoms with Crippen molar-refractivity contribution in [2.45, 2.75) is 43.8 Å². The number of ether oxygens (including phenoxy) is 1. The molecule has 1 saturated carbocycles. The first-order chi connectivity index (χ1) is 7.79. The van der Waals surface area contributed by atoms with Gasteiger partial charge in [-0.3, -0.25) is 0 Å². The molecule has 1 aliphatic heterocycles. The van der Waals surface area contributed by atoms with Crippen LogP contribution in [0, 0.1) is 5.92 Å². The molecule has 2 unspecified atom stereocenters. The predicted molar refractivity (Wildman–Crippen MR) is 60.1 cm³/mol. The van der Waals surface area contributed by atoms with E-state index in [1.54, 1.807) is 0 Å². The first kappa shape index (κ1) is 10.6. The minimum absolute atomic E-state index is 0.0906. The summed E-state index contributed by atoms with van der Waals surface area (Å²) < 4.78 is 9.66. The van der Waals surface area contributed by atoms with Crippen molar-refractivity contribution in [2.24, 2.45) is 5.92 Å². The summed E-state index contributed by atoms with van der Waals surface area (Å²) in [6.45, 7) is 0.777. The molecule has 0 amide bonds. The minimum atomic E-state index is -0.458. The lowest BCUT2D eigenvalue weighted by Gasteiger charge is -2.47. The highest BCUT2D eigenvalue weighted by atomic mass is 32.1. The fourth-order valence-corrected chi connectivity index (χ4v) is 3.28. The Morgan fingerprint density at radius 2 is 2.44 bits per heavy atom. The van der Waals surface area contributed by atoms with Crippen LogP contribution in [-0.2, 0) is 4.74 Å². The van der Waals surface area contributed by atoms with E-state index >= 15 is 0 Å². The second-order valence-electron chi connectivity index (χ2n) is 4.91. The third-order valence-corrected chi connectivity index (χ3v) is 4.45. The highest BCUT2D eigenvalue weighted by Crippen LogP contribution is 2.46. The zero-order valence-corrected chi connectivity index (χ0v) is 9.95. The van der Waals surface area contributed by atoms with Gasteiger partial charge in [0, 0.05) is 12.0 Å². The fourth-order valence-electron chi connectivity index (χ4n) is 2.80. The van der Waals surface area contributed by atoms with Crippen LogP contribution in [0.25, 0.3) is 0 Å². The standard InChI is InChI=1S/C11H16N2O2S/c14-10(9-7-16-13-12-9)8-2-5-15-11(6-8)3-1-4-11/h7-8,10,14H,1-6H2. The third kappa shape index (κ3) is 1.77. The number of hydrogen-bond acceptors (Lipinski definition) is 5. The van der Waals surface area contributed by atoms with Crippen molar-refractivity contribution in [1.82, 2.24) is 9.59 Å². The molecule has 2 heterocycles. The van der Waals surface area contributed by atoms with Gasteiger partial charge in [0.1, 0.15) is 11.8 Å². The molecule has 1 aliphatic carbocycles. The number of aromatic nitrogens is 2. The normalized spacial score (nSPS) is 29.9. The molecule has 3 rings (SSSR count). The van der Waals surface area contributed by atoms with Crippen molar-refractivity contribution in [2.75, 3.05) is 6.61 Å². The van der Waals surface area contributed by atoms with E-state index in [1.165, 1.54) is 18.0 Å². The van der Waals surface area contributed by atoms with Crippen LogP contribution in [0.2, 0.25) is 0 Å². The monoisotopic (exact) mass is 240 g/mol. The average Bonchev–Trinajstić information content (AvgIpc) is 2.79. The van der Waals surface area contributed by atoms with Gasteiger partial charge in [-0.2, -0.15) is 0 Å². The molecule has 0 bridgehead atoms. The molecule has 1 saturated heterocycles. The topological polar surface area (TPSA) is 55.2 Å². The van der Waals surface area contributed by atoms with E-state index in [0.29, 0.717) is 0 Å². The maximum Gasteiger partial charge on any atom is 0.104 e. The molecule has 16 heavy (non-hydrogen) atoms. The molecular weight excluding hydrogens is 224 g/mol. The Bertz CT molecular complexity index is 351. The average molecular weight is 240 g/mol. The van der Waals surface area contributed by atoms with Crippen molar-refractivity contribution >= 4 is 11.5 Å². The van der Waals surface area contributed by atoms with Gasteiger partial charge in [-0.1, -0.05) is 4.49 Å². The summed E-state index contributed by atoms with van der Waals surface area (Å²) in [7, 11) is 0. The van der Waals surface area contributed by atoms with E-state index in [9.17, 15) is 5.11 Å². The van der Waals surface area contributed by atoms with Gasteiger partial charge in [0.05, 0.1) is 5.60 Å². The maximum absolute atomic E-state index is 10.2. The highest BCUT2D eigenvalue weighted by molar-refractivity contribution is 7.03. The van der Waals surface area contributed by atoms with Crippen LogP contribution >= 0.6 is 11.5 Å². The quantitative estimate of drug-likeness (QED) is 0.858. The Hall–Kier alpha value is -0.520. The lowest BCUT2D eigenvalue weighted by molar-refractivity contribution is -0.157. The Kier molecular flexibility index (Phi) is 2.69. The molecule has 0 radical (unpaired) electrons. The van der Waals surface area contributed by atoms with Crippen LogP contribution in [0.4, 0.5) is 0 Å². The van der Waals surface area contributed by atoms with E-state index in [4.69, 9.17) is 4.74 Å². The molecule has 88 valence electrons. The number of rotatable bonds is 2. The zero-order chi connectivity index (χ0) is 11.0. The number of nitrogens with zero attached hydrogens (tertiary/aromatic N) is 2. The van der Waals surface area contributed by atoms with Crippen LogP contribution < -0.4 is 0 Å². The molecule has 5 heteroatoms. The van der Waals surface area contributed by atoms with Gasteiger partial charge in [-0.05, 0) is 49.6 Å². The molecule has 2 aliphatic rings. The minimum Gasteiger partial charge on any atom is -0.386 e. The summed E-state index contributed by atoms with van der Waals surface area (Å²) in [4.78, 5) is 0. The summed E-state index contributed by atoms with van der Waals surface area (Å²) in [6.07, 6.45) is 5.03. The summed E-state index contributed by atoms with van der Waals surface area (Å²) in [5, 5.41) is 16.0. The second kappa shape index (κ2) is 4.05. The molecule has 2 fully saturated rings. The van der Waals surface area contributed by atoms with Crippen molar-refractivity contribution in [3.63, 3.8) is 0 Å². The first-order valence-electron chi connectivity index (χ1n) is 5.88. The summed E-state index contributed by atoms with van der Waals surface area (Å²) in [6, 6.07) is 0. The van der Waals surface area contributed by atoms with Crippen LogP contribution in [0.1, 0.15) is 43.9 Å². The molecule has 2 atom stereocenters. The fraction of sp³-hybridized carbons (Fsp3) is 0.818. The lowest BCUT2D eigenvalue weighted by atomic mass is 9.70. The van der Waals surface area contributed by atoms with E-state index in [1.807, 2.05) is 5.38 Å². The lowest BCUT2D eigenvalue weighted by Crippen LogP contribution is -2.46. The molecule has 1 spiro atoms. The molecule has 1 aromatic rings. The first-order valence-corrected chi connectivity index (χ1v) is 6.72. The van der Waals surface area contributed by atoms with Gasteiger partial charge in [0.25, 0.3) is 0 Å². The van der Waals surface area contributed by atoms with Gasteiger partial charge in [0.15, 0.2) is 0 Å². The zero-order valence-electron chi connectivity index (χ0n) is 9.13. The van der Waals surface area contributed by atoms with Gasteiger partial charge in [-0.15, -0.1) is 5.10 Å². The maximum atomic E-state index is 10.2. The van der Waals surface area contributed by atoms with Crippen LogP contribution in [-0.4, -0.2) is 26.9 Å². The van der Waals surface area contributed by atoms with Gasteiger partial charge in [0.2, 0.25) is 0 Å². The summed E-state index contributed by atoms with van der Waals surface area (Å²) in [5.41, 5.74) is 0.819. The Balaban J connectivity index is 1.70. The van der Waals surface area contributed by atoms with Crippen LogP contribution in [0.5, 0.6) is 0 Å². The summed E-state index contributed by atoms with van der Waals surface area (Å²) in [5.74, 6) is 0.290. The third-order valence-electron chi connectivity index (χ3n) is 3.92. The molecule has 0 aromatic carbocycles. The smallest absolute Gasteiger partial charge is 0.104 e. The van der Waals surface area contributed by atoms with Crippen molar-refractivity contribution in [1.29, 1.82) is 0 Å². The van der Waals surface area contributed by atoms with E-state index in [0.717, 1.165) is 38.0 Å². The van der Waals surface area contributed by atoms with E-state index in [-0.39, 0.29) is 11.5 Å². The number of aliphatic hydroxyl groups excluding tert-OH is 1. The second-order valence-corrected chi connectivity index (χ2v) is 5.52. The number of aliphatic hydroxyl groups is 1. The van der Waals surface area contributed by atoms with Crippen LogP contribution in [0.15, 0.2) is 5.38 Å². The largest absolute Gasteiger partial charge is 0.386 e. The highest BCUT2D eigenvalue weighted by Gasteiger charge is 2.44. The Morgan fingerprint density at radius 3 is 3.06 bits per heavy atom. The molecule has 4 nitrogen and oxygen atoms in total. The Labute approximate surface area is 98.8 Å².